The van der Waals surface area contributed by atoms with Crippen molar-refractivity contribution in [2.45, 2.75) is 9.79 Å². The summed E-state index contributed by atoms with van der Waals surface area (Å²) in [7, 11) is -4.36. The topological polar surface area (TPSA) is 146 Å². The zero-order valence-electron chi connectivity index (χ0n) is 22.3. The smallest absolute Gasteiger partial charge is 0.335 e. The minimum atomic E-state index is -4.36. The third kappa shape index (κ3) is 4.16. The molecule has 11 heteroatoms. The molecule has 0 aromatic heterocycles. The van der Waals surface area contributed by atoms with E-state index in [9.17, 15) is 37.5 Å². The predicted molar refractivity (Wildman–Crippen MR) is 156 cm³/mol. The predicted octanol–water partition coefficient (Wildman–Crippen LogP) is 3.78. The Balaban J connectivity index is 1.36. The maximum absolute atomic E-state index is 13.7. The maximum atomic E-state index is 13.7. The lowest BCUT2D eigenvalue weighted by molar-refractivity contribution is 0.0695. The fourth-order valence-corrected chi connectivity index (χ4v) is 6.37. The molecule has 44 heavy (non-hydrogen) atoms. The highest BCUT2D eigenvalue weighted by Crippen LogP contribution is 2.35. The number of hydrogen-bond acceptors (Lipinski definition) is 7. The Morgan fingerprint density at radius 1 is 0.614 bits per heavy atom. The van der Waals surface area contributed by atoms with E-state index in [1.54, 1.807) is 12.1 Å². The highest BCUT2D eigenvalue weighted by atomic mass is 32.2. The first-order chi connectivity index (χ1) is 21.0. The quantitative estimate of drug-likeness (QED) is 0.269. The monoisotopic (exact) mass is 600 g/mol. The lowest BCUT2D eigenvalue weighted by Crippen LogP contribution is -2.29. The Hall–Kier alpha value is -6.30. The SMILES string of the molecule is C#Cc1cccc(N2C(=O)c3ccc(S(=O)(=O)c4ccc5c(c4)C(=O)N(c4cc(C#C)cc(C(=O)O)c4)C5=O)cc3C2=O)c1. The number of nitrogens with zero attached hydrogens (tertiary/aromatic N) is 2. The van der Waals surface area contributed by atoms with Crippen molar-refractivity contribution in [3.05, 3.63) is 118 Å². The lowest BCUT2D eigenvalue weighted by Gasteiger charge is -2.15. The Bertz CT molecular complexity index is 2240. The molecule has 0 saturated heterocycles. The molecule has 0 spiro atoms. The molecule has 0 atom stereocenters. The summed E-state index contributed by atoms with van der Waals surface area (Å²) in [5.41, 5.74) is -0.0184. The molecule has 2 aliphatic rings. The molecule has 2 aliphatic heterocycles. The van der Waals surface area contributed by atoms with Gasteiger partial charge in [-0.3, -0.25) is 19.2 Å². The van der Waals surface area contributed by atoms with Gasteiger partial charge in [0.2, 0.25) is 9.84 Å². The number of carbonyl (C=O) groups excluding carboxylic acids is 4. The van der Waals surface area contributed by atoms with E-state index in [2.05, 4.69) is 11.8 Å². The summed E-state index contributed by atoms with van der Waals surface area (Å²) in [6.45, 7) is 0. The number of aromatic carboxylic acids is 1. The van der Waals surface area contributed by atoms with Gasteiger partial charge < -0.3 is 5.11 Å². The number of fused-ring (bicyclic) bond motifs is 2. The molecule has 0 unspecified atom stereocenters. The molecule has 4 aromatic carbocycles. The van der Waals surface area contributed by atoms with E-state index in [4.69, 9.17) is 12.8 Å². The molecule has 0 saturated carbocycles. The first kappa shape index (κ1) is 27.8. The van der Waals surface area contributed by atoms with Crippen LogP contribution < -0.4 is 9.80 Å². The van der Waals surface area contributed by atoms with Crippen LogP contribution in [-0.2, 0) is 9.84 Å². The van der Waals surface area contributed by atoms with Crippen molar-refractivity contribution in [3.63, 3.8) is 0 Å². The Morgan fingerprint density at radius 2 is 1.11 bits per heavy atom. The van der Waals surface area contributed by atoms with Gasteiger partial charge in [-0.1, -0.05) is 17.9 Å². The number of terminal acetylenes is 2. The molecule has 0 aliphatic carbocycles. The van der Waals surface area contributed by atoms with Gasteiger partial charge in [-0.25, -0.2) is 23.0 Å². The van der Waals surface area contributed by atoms with Crippen LogP contribution in [0, 0.1) is 24.7 Å². The van der Waals surface area contributed by atoms with Gasteiger partial charge in [-0.2, -0.15) is 0 Å². The molecule has 0 fully saturated rings. The molecule has 0 bridgehead atoms. The number of imide groups is 2. The van der Waals surface area contributed by atoms with Gasteiger partial charge in [-0.05, 0) is 72.8 Å². The Labute approximate surface area is 250 Å². The number of sulfone groups is 1. The van der Waals surface area contributed by atoms with Gasteiger partial charge in [0.1, 0.15) is 0 Å². The van der Waals surface area contributed by atoms with Crippen molar-refractivity contribution < 1.29 is 37.5 Å². The van der Waals surface area contributed by atoms with Gasteiger partial charge in [0, 0.05) is 11.1 Å². The molecule has 6 rings (SSSR count). The van der Waals surface area contributed by atoms with Crippen LogP contribution in [0.5, 0.6) is 0 Å². The van der Waals surface area contributed by atoms with Crippen LogP contribution in [0.1, 0.15) is 62.9 Å². The third-order valence-corrected chi connectivity index (χ3v) is 8.95. The minimum absolute atomic E-state index is 0.000333. The second-order valence-electron chi connectivity index (χ2n) is 9.72. The first-order valence-corrected chi connectivity index (χ1v) is 14.2. The van der Waals surface area contributed by atoms with Crippen molar-refractivity contribution in [2.75, 3.05) is 9.80 Å². The van der Waals surface area contributed by atoms with E-state index in [1.165, 1.54) is 42.5 Å². The van der Waals surface area contributed by atoms with Crippen LogP contribution in [0.4, 0.5) is 11.4 Å². The van der Waals surface area contributed by atoms with Crippen molar-refractivity contribution in [2.24, 2.45) is 0 Å². The minimum Gasteiger partial charge on any atom is -0.478 e. The van der Waals surface area contributed by atoms with Gasteiger partial charge in [-0.15, -0.1) is 12.8 Å². The zero-order valence-corrected chi connectivity index (χ0v) is 23.1. The van der Waals surface area contributed by atoms with Gasteiger partial charge in [0.15, 0.2) is 0 Å². The van der Waals surface area contributed by atoms with Crippen LogP contribution in [0.25, 0.3) is 0 Å². The van der Waals surface area contributed by atoms with Crippen molar-refractivity contribution in [3.8, 4) is 24.7 Å². The molecular formula is C33H16N2O8S. The first-order valence-electron chi connectivity index (χ1n) is 12.7. The molecule has 212 valence electrons. The van der Waals surface area contributed by atoms with Crippen LogP contribution >= 0.6 is 0 Å². The van der Waals surface area contributed by atoms with Crippen molar-refractivity contribution in [1.82, 2.24) is 0 Å². The summed E-state index contributed by atoms with van der Waals surface area (Å²) in [5.74, 6) is 0.312. The van der Waals surface area contributed by atoms with Gasteiger partial charge in [0.05, 0.1) is 49.0 Å². The van der Waals surface area contributed by atoms with Crippen LogP contribution in [-0.4, -0.2) is 43.1 Å². The summed E-state index contributed by atoms with van der Waals surface area (Å²) in [6.07, 6.45) is 10.8. The molecular weight excluding hydrogens is 584 g/mol. The van der Waals surface area contributed by atoms with E-state index in [-0.39, 0.29) is 54.5 Å². The molecule has 4 aromatic rings. The standard InChI is InChI=1S/C33H16N2O8S/c1-3-18-6-5-7-21(13-18)34-29(36)25-10-8-23(16-27(25)31(34)38)44(42,43)24-9-11-26-28(17-24)32(39)35(30(26)37)22-14-19(4-2)12-20(15-22)33(40)41/h1-2,5-17H,(H,40,41). The molecule has 4 amide bonds. The van der Waals surface area contributed by atoms with E-state index >= 15 is 0 Å². The number of rotatable bonds is 5. The number of anilines is 2. The van der Waals surface area contributed by atoms with E-state index in [1.807, 2.05) is 0 Å². The fraction of sp³-hybridized carbons (Fsp3) is 0. The van der Waals surface area contributed by atoms with Crippen LogP contribution in [0.2, 0.25) is 0 Å². The number of amides is 4. The summed E-state index contributed by atoms with van der Waals surface area (Å²) in [4.78, 5) is 65.4. The third-order valence-electron chi connectivity index (χ3n) is 7.20. The van der Waals surface area contributed by atoms with Crippen molar-refractivity contribution in [1.29, 1.82) is 0 Å². The largest absolute Gasteiger partial charge is 0.478 e. The highest BCUT2D eigenvalue weighted by molar-refractivity contribution is 7.91. The summed E-state index contributed by atoms with van der Waals surface area (Å²) >= 11 is 0. The van der Waals surface area contributed by atoms with Crippen LogP contribution in [0.3, 0.4) is 0 Å². The lowest BCUT2D eigenvalue weighted by atomic mass is 10.1. The summed E-state index contributed by atoms with van der Waals surface area (Å²) in [6, 6.07) is 16.7. The Kier molecular flexibility index (Phi) is 6.27. The molecule has 0 radical (unpaired) electrons. The normalized spacial score (nSPS) is 13.9. The van der Waals surface area contributed by atoms with Crippen LogP contribution in [0.15, 0.2) is 88.7 Å². The fourth-order valence-electron chi connectivity index (χ4n) is 5.06. The number of carboxylic acid groups (broad SMARTS) is 1. The molecule has 10 nitrogen and oxygen atoms in total. The number of carboxylic acids is 1. The average Bonchev–Trinajstić information content (AvgIpc) is 3.43. The van der Waals surface area contributed by atoms with Gasteiger partial charge in [0.25, 0.3) is 23.6 Å². The maximum Gasteiger partial charge on any atom is 0.335 e. The molecule has 2 heterocycles. The van der Waals surface area contributed by atoms with Crippen molar-refractivity contribution >= 4 is 50.8 Å². The van der Waals surface area contributed by atoms with E-state index in [0.29, 0.717) is 5.56 Å². The zero-order chi connectivity index (χ0) is 31.5. The van der Waals surface area contributed by atoms with E-state index < -0.39 is 39.4 Å². The second-order valence-corrected chi connectivity index (χ2v) is 11.7. The number of hydrogen-bond donors (Lipinski definition) is 1. The Morgan fingerprint density at radius 3 is 1.64 bits per heavy atom. The number of carbonyl (C=O) groups is 5. The average molecular weight is 601 g/mol. The molecule has 1 N–H and O–H groups in total. The second kappa shape index (κ2) is 9.91. The van der Waals surface area contributed by atoms with Gasteiger partial charge >= 0.3 is 5.97 Å². The summed E-state index contributed by atoms with van der Waals surface area (Å²) in [5, 5.41) is 9.42. The summed E-state index contributed by atoms with van der Waals surface area (Å²) < 4.78 is 27.3. The van der Waals surface area contributed by atoms with E-state index in [0.717, 1.165) is 34.1 Å². The number of benzene rings is 4. The highest BCUT2D eigenvalue weighted by Gasteiger charge is 2.40.